The molecule has 0 radical (unpaired) electrons. The highest BCUT2D eigenvalue weighted by Gasteiger charge is 2.21. The topological polar surface area (TPSA) is 47.5 Å². The van der Waals surface area contributed by atoms with Gasteiger partial charge >= 0.3 is 5.95 Å². The predicted molar refractivity (Wildman–Crippen MR) is 205 cm³/mol. The lowest BCUT2D eigenvalue weighted by atomic mass is 10.0. The van der Waals surface area contributed by atoms with Gasteiger partial charge in [0.1, 0.15) is 0 Å². The fraction of sp³-hybridized carbons (Fsp3) is 0. The average molecular weight is 659 g/mol. The van der Waals surface area contributed by atoms with E-state index in [-0.39, 0.29) is 0 Å². The molecule has 0 aliphatic heterocycles. The van der Waals surface area contributed by atoms with Gasteiger partial charge in [0.05, 0.1) is 23.4 Å². The zero-order valence-corrected chi connectivity index (χ0v) is 27.6. The molecule has 0 spiro atoms. The van der Waals surface area contributed by atoms with Crippen LogP contribution in [0.5, 0.6) is 0 Å². The van der Waals surface area contributed by atoms with Gasteiger partial charge in [-0.1, -0.05) is 91.0 Å². The van der Waals surface area contributed by atoms with Crippen molar-refractivity contribution in [1.29, 1.82) is 0 Å². The molecule has 234 valence electrons. The van der Waals surface area contributed by atoms with E-state index in [0.29, 0.717) is 17.6 Å². The first-order valence-corrected chi connectivity index (χ1v) is 17.4. The van der Waals surface area contributed by atoms with Crippen LogP contribution in [-0.2, 0) is 0 Å². The van der Waals surface area contributed by atoms with Gasteiger partial charge in [0, 0.05) is 47.8 Å². The molecule has 0 fully saturated rings. The van der Waals surface area contributed by atoms with Crippen molar-refractivity contribution in [2.24, 2.45) is 0 Å². The van der Waals surface area contributed by atoms with Gasteiger partial charge in [-0.2, -0.15) is 4.98 Å². The number of rotatable bonds is 5. The SMILES string of the molecule is c1ccc(-c2ccc3c4ccccc4n(-c4ccc5c(c4)sc4ccc(-c6nc(-c7ccccc7)nc(-[n+]7ccccc7)n6)cc45)c3c2)cc1. The lowest BCUT2D eigenvalue weighted by molar-refractivity contribution is -0.603. The molecule has 0 aliphatic rings. The summed E-state index contributed by atoms with van der Waals surface area (Å²) in [5.74, 6) is 1.86. The summed E-state index contributed by atoms with van der Waals surface area (Å²) >= 11 is 1.82. The minimum atomic E-state index is 0.580. The van der Waals surface area contributed by atoms with Crippen LogP contribution in [-0.4, -0.2) is 19.5 Å². The molecule has 5 nitrogen and oxygen atoms in total. The molecule has 0 bridgehead atoms. The molecule has 0 unspecified atom stereocenters. The van der Waals surface area contributed by atoms with Crippen molar-refractivity contribution in [2.45, 2.75) is 0 Å². The molecule has 0 aliphatic carbocycles. The highest BCUT2D eigenvalue weighted by molar-refractivity contribution is 7.25. The van der Waals surface area contributed by atoms with Crippen molar-refractivity contribution < 1.29 is 4.57 Å². The number of hydrogen-bond donors (Lipinski definition) is 0. The largest absolute Gasteiger partial charge is 0.441 e. The van der Waals surface area contributed by atoms with E-state index in [9.17, 15) is 0 Å². The maximum Gasteiger partial charge on any atom is 0.441 e. The highest BCUT2D eigenvalue weighted by atomic mass is 32.1. The Morgan fingerprint density at radius 2 is 1.08 bits per heavy atom. The molecule has 4 aromatic heterocycles. The second-order valence-corrected chi connectivity index (χ2v) is 13.5. The lowest BCUT2D eigenvalue weighted by Crippen LogP contribution is -2.32. The van der Waals surface area contributed by atoms with E-state index in [0.717, 1.165) is 16.8 Å². The average Bonchev–Trinajstić information content (AvgIpc) is 3.73. The van der Waals surface area contributed by atoms with Crippen LogP contribution in [0.25, 0.3) is 87.5 Å². The summed E-state index contributed by atoms with van der Waals surface area (Å²) in [6.45, 7) is 0. The standard InChI is InChI=1S/C44H28N5S/c1-4-12-29(13-5-1)31-18-21-35-34-16-8-9-17-38(34)49(39(35)27-31)33-20-22-36-37-26-32(19-23-40(37)50-41(36)28-33)43-45-42(30-14-6-2-7-15-30)46-44(47-43)48-24-10-3-11-25-48/h1-28H/q+1. The third-order valence-corrected chi connectivity index (χ3v) is 10.5. The lowest BCUT2D eigenvalue weighted by Gasteiger charge is -2.09. The summed E-state index contributed by atoms with van der Waals surface area (Å²) in [4.78, 5) is 14.8. The van der Waals surface area contributed by atoms with Crippen molar-refractivity contribution >= 4 is 53.3 Å². The van der Waals surface area contributed by atoms with Crippen molar-refractivity contribution in [3.05, 3.63) is 170 Å². The summed E-state index contributed by atoms with van der Waals surface area (Å²) in [6, 6.07) is 55.6. The van der Waals surface area contributed by atoms with Crippen LogP contribution in [0.1, 0.15) is 0 Å². The third-order valence-electron chi connectivity index (χ3n) is 9.35. The molecule has 6 aromatic carbocycles. The van der Waals surface area contributed by atoms with Crippen LogP contribution in [0.3, 0.4) is 0 Å². The van der Waals surface area contributed by atoms with Gasteiger partial charge in [0.25, 0.3) is 0 Å². The zero-order valence-electron chi connectivity index (χ0n) is 26.8. The quantitative estimate of drug-likeness (QED) is 0.173. The summed E-state index contributed by atoms with van der Waals surface area (Å²) in [7, 11) is 0. The van der Waals surface area contributed by atoms with Crippen LogP contribution >= 0.6 is 11.3 Å². The summed E-state index contributed by atoms with van der Waals surface area (Å²) < 4.78 is 6.80. The maximum absolute atomic E-state index is 4.97. The van der Waals surface area contributed by atoms with Crippen LogP contribution in [0.4, 0.5) is 0 Å². The Labute approximate surface area is 292 Å². The molecule has 0 amide bonds. The molecule has 0 saturated carbocycles. The number of thiophene rings is 1. The van der Waals surface area contributed by atoms with Crippen molar-refractivity contribution in [1.82, 2.24) is 19.5 Å². The van der Waals surface area contributed by atoms with Crippen LogP contribution < -0.4 is 4.57 Å². The maximum atomic E-state index is 4.97. The zero-order chi connectivity index (χ0) is 33.0. The van der Waals surface area contributed by atoms with Crippen LogP contribution in [0, 0.1) is 0 Å². The molecule has 0 N–H and O–H groups in total. The van der Waals surface area contributed by atoms with Crippen molar-refractivity contribution in [3.8, 4) is 45.5 Å². The summed E-state index contributed by atoms with van der Waals surface area (Å²) in [5.41, 5.74) is 7.87. The monoisotopic (exact) mass is 658 g/mol. The molecule has 6 heteroatoms. The third kappa shape index (κ3) is 4.77. The van der Waals surface area contributed by atoms with E-state index in [1.165, 1.54) is 53.1 Å². The van der Waals surface area contributed by atoms with Gasteiger partial charge in [0.15, 0.2) is 0 Å². The van der Waals surface area contributed by atoms with Crippen LogP contribution in [0.2, 0.25) is 0 Å². The Balaban J connectivity index is 1.12. The Morgan fingerprint density at radius 1 is 0.420 bits per heavy atom. The highest BCUT2D eigenvalue weighted by Crippen LogP contribution is 2.40. The smallest absolute Gasteiger partial charge is 0.309 e. The van der Waals surface area contributed by atoms with Gasteiger partial charge < -0.3 is 4.57 Å². The number of fused-ring (bicyclic) bond motifs is 6. The normalized spacial score (nSPS) is 11.6. The number of para-hydroxylation sites is 1. The van der Waals surface area contributed by atoms with E-state index in [1.54, 1.807) is 0 Å². The Bertz CT molecular complexity index is 2800. The van der Waals surface area contributed by atoms with E-state index in [4.69, 9.17) is 15.0 Å². The van der Waals surface area contributed by atoms with E-state index < -0.39 is 0 Å². The van der Waals surface area contributed by atoms with Crippen LogP contribution in [0.15, 0.2) is 170 Å². The van der Waals surface area contributed by atoms with Gasteiger partial charge in [-0.3, -0.25) is 0 Å². The van der Waals surface area contributed by atoms with E-state index in [2.05, 4.69) is 114 Å². The second kappa shape index (κ2) is 11.6. The number of nitrogens with zero attached hydrogens (tertiary/aromatic N) is 5. The fourth-order valence-electron chi connectivity index (χ4n) is 6.96. The number of aromatic nitrogens is 5. The van der Waals surface area contributed by atoms with Gasteiger partial charge in [-0.25, -0.2) is 4.57 Å². The second-order valence-electron chi connectivity index (χ2n) is 12.4. The van der Waals surface area contributed by atoms with Crippen molar-refractivity contribution in [2.75, 3.05) is 0 Å². The summed E-state index contributed by atoms with van der Waals surface area (Å²) in [6.07, 6.45) is 3.92. The molecule has 10 aromatic rings. The van der Waals surface area contributed by atoms with E-state index >= 15 is 0 Å². The molecule has 0 atom stereocenters. The number of hydrogen-bond acceptors (Lipinski definition) is 4. The van der Waals surface area contributed by atoms with Crippen molar-refractivity contribution in [3.63, 3.8) is 0 Å². The first-order chi connectivity index (χ1) is 24.8. The Kier molecular flexibility index (Phi) is 6.60. The fourth-order valence-corrected chi connectivity index (χ4v) is 8.08. The molecular formula is C44H28N5S+. The molecule has 50 heavy (non-hydrogen) atoms. The van der Waals surface area contributed by atoms with Gasteiger partial charge in [0.2, 0.25) is 11.6 Å². The summed E-state index contributed by atoms with van der Waals surface area (Å²) in [5, 5.41) is 4.92. The molecule has 0 saturated heterocycles. The minimum Gasteiger partial charge on any atom is -0.309 e. The Morgan fingerprint density at radius 3 is 1.90 bits per heavy atom. The first-order valence-electron chi connectivity index (χ1n) is 16.6. The van der Waals surface area contributed by atoms with Gasteiger partial charge in [-0.05, 0) is 87.8 Å². The number of benzene rings is 6. The molecular weight excluding hydrogens is 631 g/mol. The first kappa shape index (κ1) is 28.5. The van der Waals surface area contributed by atoms with Gasteiger partial charge in [-0.15, -0.1) is 11.3 Å². The Hall–Kier alpha value is -6.50. The molecule has 10 rings (SSSR count). The molecule has 4 heterocycles. The van der Waals surface area contributed by atoms with E-state index in [1.807, 2.05) is 76.8 Å². The predicted octanol–water partition coefficient (Wildman–Crippen LogP) is 10.6. The minimum absolute atomic E-state index is 0.580. The number of pyridine rings is 1.